The molecule has 0 unspecified atom stereocenters. The topological polar surface area (TPSA) is 111 Å². The monoisotopic (exact) mass is 294 g/mol. The van der Waals surface area contributed by atoms with E-state index in [4.69, 9.17) is 4.42 Å². The van der Waals surface area contributed by atoms with Crippen LogP contribution in [0.3, 0.4) is 0 Å². The molecule has 6 heteroatoms. The zero-order valence-corrected chi connectivity index (χ0v) is 11.8. The van der Waals surface area contributed by atoms with Gasteiger partial charge >= 0.3 is 5.63 Å². The molecular formula is C15H18O6. The molecule has 0 aliphatic rings. The van der Waals surface area contributed by atoms with Gasteiger partial charge in [-0.2, -0.15) is 0 Å². The predicted octanol–water partition coefficient (Wildman–Crippen LogP) is 1.19. The van der Waals surface area contributed by atoms with E-state index in [1.54, 1.807) is 6.92 Å². The summed E-state index contributed by atoms with van der Waals surface area (Å²) in [6.07, 6.45) is -1.29. The van der Waals surface area contributed by atoms with Crippen molar-refractivity contribution in [2.45, 2.75) is 38.9 Å². The van der Waals surface area contributed by atoms with Gasteiger partial charge in [-0.3, -0.25) is 0 Å². The van der Waals surface area contributed by atoms with E-state index >= 15 is 0 Å². The Morgan fingerprint density at radius 2 is 1.90 bits per heavy atom. The lowest BCUT2D eigenvalue weighted by Gasteiger charge is -2.12. The van der Waals surface area contributed by atoms with Gasteiger partial charge < -0.3 is 24.8 Å². The number of aliphatic hydroxyl groups is 2. The number of benzene rings is 1. The summed E-state index contributed by atoms with van der Waals surface area (Å²) < 4.78 is 5.08. The van der Waals surface area contributed by atoms with Gasteiger partial charge in [0, 0.05) is 12.0 Å². The molecule has 0 spiro atoms. The molecule has 21 heavy (non-hydrogen) atoms. The fourth-order valence-corrected chi connectivity index (χ4v) is 2.28. The van der Waals surface area contributed by atoms with Crippen molar-refractivity contribution in [2.75, 3.05) is 0 Å². The fourth-order valence-electron chi connectivity index (χ4n) is 2.28. The van der Waals surface area contributed by atoms with Crippen LogP contribution in [0, 0.1) is 6.92 Å². The van der Waals surface area contributed by atoms with Crippen molar-refractivity contribution in [1.29, 1.82) is 0 Å². The van der Waals surface area contributed by atoms with Crippen LogP contribution in [0.1, 0.15) is 24.7 Å². The molecule has 114 valence electrons. The van der Waals surface area contributed by atoms with Crippen LogP contribution >= 0.6 is 0 Å². The lowest BCUT2D eigenvalue weighted by atomic mass is 10.0. The molecule has 2 atom stereocenters. The highest BCUT2D eigenvalue weighted by Gasteiger charge is 2.16. The van der Waals surface area contributed by atoms with Gasteiger partial charge in [-0.1, -0.05) is 0 Å². The molecule has 0 bridgehead atoms. The van der Waals surface area contributed by atoms with Crippen molar-refractivity contribution in [3.63, 3.8) is 0 Å². The Morgan fingerprint density at radius 3 is 2.52 bits per heavy atom. The maximum absolute atomic E-state index is 11.9. The minimum Gasteiger partial charge on any atom is -0.508 e. The van der Waals surface area contributed by atoms with Crippen molar-refractivity contribution in [2.24, 2.45) is 0 Å². The molecule has 0 aliphatic carbocycles. The van der Waals surface area contributed by atoms with Gasteiger partial charge in [0.2, 0.25) is 0 Å². The molecular weight excluding hydrogens is 276 g/mol. The van der Waals surface area contributed by atoms with Crippen molar-refractivity contribution in [1.82, 2.24) is 0 Å². The van der Waals surface area contributed by atoms with Crippen LogP contribution in [0.4, 0.5) is 0 Å². The molecule has 0 amide bonds. The zero-order chi connectivity index (χ0) is 15.7. The van der Waals surface area contributed by atoms with E-state index < -0.39 is 17.8 Å². The van der Waals surface area contributed by atoms with E-state index in [2.05, 4.69) is 0 Å². The van der Waals surface area contributed by atoms with Crippen molar-refractivity contribution in [3.8, 4) is 11.5 Å². The van der Waals surface area contributed by atoms with Crippen LogP contribution in [-0.4, -0.2) is 32.6 Å². The molecule has 0 saturated heterocycles. The van der Waals surface area contributed by atoms with Crippen LogP contribution in [0.2, 0.25) is 0 Å². The Bertz CT molecular complexity index is 716. The molecule has 1 aromatic carbocycles. The summed E-state index contributed by atoms with van der Waals surface area (Å²) >= 11 is 0. The third-order valence-electron chi connectivity index (χ3n) is 3.35. The Hall–Kier alpha value is -2.05. The van der Waals surface area contributed by atoms with Gasteiger partial charge in [0.15, 0.2) is 0 Å². The molecule has 4 N–H and O–H groups in total. The molecule has 2 rings (SSSR count). The van der Waals surface area contributed by atoms with E-state index in [9.17, 15) is 25.2 Å². The highest BCUT2D eigenvalue weighted by molar-refractivity contribution is 5.90. The number of hydrogen-bond acceptors (Lipinski definition) is 6. The second-order valence-corrected chi connectivity index (χ2v) is 5.28. The number of hydrogen-bond donors (Lipinski definition) is 4. The highest BCUT2D eigenvalue weighted by atomic mass is 16.4. The molecule has 0 aliphatic heterocycles. The Kier molecular flexibility index (Phi) is 4.20. The maximum Gasteiger partial charge on any atom is 0.347 e. The van der Waals surface area contributed by atoms with E-state index in [1.165, 1.54) is 19.1 Å². The van der Waals surface area contributed by atoms with Gasteiger partial charge in [-0.25, -0.2) is 4.79 Å². The molecule has 0 saturated carbocycles. The third-order valence-corrected chi connectivity index (χ3v) is 3.35. The van der Waals surface area contributed by atoms with Crippen molar-refractivity contribution in [3.05, 3.63) is 33.9 Å². The first-order chi connectivity index (χ1) is 9.79. The second-order valence-electron chi connectivity index (χ2n) is 5.28. The number of aromatic hydroxyl groups is 2. The summed E-state index contributed by atoms with van der Waals surface area (Å²) in [5.41, 5.74) is -0.524. The Labute approximate surface area is 120 Å². The van der Waals surface area contributed by atoms with Crippen molar-refractivity contribution >= 4 is 10.8 Å². The molecule has 1 heterocycles. The average molecular weight is 294 g/mol. The largest absolute Gasteiger partial charge is 0.508 e. The highest BCUT2D eigenvalue weighted by Crippen LogP contribution is 2.33. The second kappa shape index (κ2) is 5.75. The summed E-state index contributed by atoms with van der Waals surface area (Å²) in [6.45, 7) is 3.04. The smallest absolute Gasteiger partial charge is 0.347 e. The number of phenols is 2. The average Bonchev–Trinajstić information content (AvgIpc) is 2.34. The lowest BCUT2D eigenvalue weighted by Crippen LogP contribution is -2.18. The molecule has 6 nitrogen and oxygen atoms in total. The van der Waals surface area contributed by atoms with E-state index in [0.717, 1.165) is 0 Å². The first-order valence-corrected chi connectivity index (χ1v) is 6.64. The first-order valence-electron chi connectivity index (χ1n) is 6.64. The number of rotatable bonds is 4. The third kappa shape index (κ3) is 3.17. The molecule has 2 aromatic rings. The number of aliphatic hydroxyl groups excluding tert-OH is 2. The minimum absolute atomic E-state index is 0.000865. The lowest BCUT2D eigenvalue weighted by molar-refractivity contribution is 0.0871. The van der Waals surface area contributed by atoms with Crippen molar-refractivity contribution < 1.29 is 24.8 Å². The summed E-state index contributed by atoms with van der Waals surface area (Å²) in [6, 6.07) is 2.85. The Balaban J connectivity index is 2.46. The van der Waals surface area contributed by atoms with Crippen LogP contribution in [-0.2, 0) is 6.42 Å². The standard InChI is InChI=1S/C15H18O6/c1-7(16)3-10(17)6-11-4-9-5-12(18)8(2)14(19)13(9)15(20)21-11/h4-5,7,10,16-19H,3,6H2,1-2H3/t7-,10+/m0/s1. The van der Waals surface area contributed by atoms with Gasteiger partial charge in [0.05, 0.1) is 12.2 Å². The quantitative estimate of drug-likeness (QED) is 0.674. The molecule has 0 radical (unpaired) electrons. The van der Waals surface area contributed by atoms with Crippen LogP contribution in [0.25, 0.3) is 10.8 Å². The zero-order valence-electron chi connectivity index (χ0n) is 11.8. The van der Waals surface area contributed by atoms with E-state index in [-0.39, 0.29) is 41.1 Å². The normalized spacial score (nSPS) is 14.3. The molecule has 0 fully saturated rings. The van der Waals surface area contributed by atoms with E-state index in [1.807, 2.05) is 0 Å². The van der Waals surface area contributed by atoms with Crippen LogP contribution in [0.15, 0.2) is 21.3 Å². The number of fused-ring (bicyclic) bond motifs is 1. The van der Waals surface area contributed by atoms with Crippen LogP contribution < -0.4 is 5.63 Å². The first kappa shape index (κ1) is 15.3. The summed E-state index contributed by atoms with van der Waals surface area (Å²) in [5.74, 6) is -0.209. The number of phenolic OH excluding ortho intramolecular Hbond substituents is 2. The summed E-state index contributed by atoms with van der Waals surface area (Å²) in [4.78, 5) is 11.9. The SMILES string of the molecule is Cc1c(O)cc2cc(C[C@H](O)C[C@H](C)O)oc(=O)c2c1O. The fraction of sp³-hybridized carbons (Fsp3) is 0.400. The Morgan fingerprint density at radius 1 is 1.24 bits per heavy atom. The van der Waals surface area contributed by atoms with Gasteiger partial charge in [-0.15, -0.1) is 0 Å². The molecule has 1 aromatic heterocycles. The van der Waals surface area contributed by atoms with E-state index in [0.29, 0.717) is 5.39 Å². The minimum atomic E-state index is -0.849. The summed E-state index contributed by atoms with van der Waals surface area (Å²) in [5, 5.41) is 38.9. The van der Waals surface area contributed by atoms with Gasteiger partial charge in [0.25, 0.3) is 0 Å². The predicted molar refractivity (Wildman–Crippen MR) is 76.6 cm³/mol. The van der Waals surface area contributed by atoms with Crippen LogP contribution in [0.5, 0.6) is 11.5 Å². The van der Waals surface area contributed by atoms with Gasteiger partial charge in [0.1, 0.15) is 22.6 Å². The maximum atomic E-state index is 11.9. The van der Waals surface area contributed by atoms with Gasteiger partial charge in [-0.05, 0) is 37.8 Å². The summed E-state index contributed by atoms with van der Waals surface area (Å²) in [7, 11) is 0.